The van der Waals surface area contributed by atoms with E-state index in [1.807, 2.05) is 6.92 Å². The molecule has 0 bridgehead atoms. The van der Waals surface area contributed by atoms with Gasteiger partial charge in [0.1, 0.15) is 11.6 Å². The normalized spacial score (nSPS) is 16.7. The molecule has 1 saturated heterocycles. The van der Waals surface area contributed by atoms with Crippen LogP contribution in [-0.2, 0) is 9.53 Å². The molecule has 1 unspecified atom stereocenters. The van der Waals surface area contributed by atoms with Gasteiger partial charge in [-0.1, -0.05) is 6.07 Å². The molecule has 1 aliphatic rings. The number of halogens is 1. The van der Waals surface area contributed by atoms with E-state index >= 15 is 0 Å². The number of rotatable bonds is 5. The minimum Gasteiger partial charge on any atom is -0.484 e. The van der Waals surface area contributed by atoms with Gasteiger partial charge in [0, 0.05) is 23.9 Å². The molecule has 2 aromatic rings. The Morgan fingerprint density at radius 1 is 1.26 bits per heavy atom. The van der Waals surface area contributed by atoms with E-state index in [0.29, 0.717) is 31.0 Å². The first-order valence-electron chi connectivity index (χ1n) is 8.70. The van der Waals surface area contributed by atoms with Crippen LogP contribution in [0.25, 0.3) is 0 Å². The van der Waals surface area contributed by atoms with E-state index in [1.54, 1.807) is 35.2 Å². The van der Waals surface area contributed by atoms with Gasteiger partial charge in [-0.3, -0.25) is 9.59 Å². The molecule has 0 radical (unpaired) electrons. The Balaban J connectivity index is 1.54. The maximum atomic E-state index is 13.1. The third kappa shape index (κ3) is 5.04. The summed E-state index contributed by atoms with van der Waals surface area (Å²) in [6.45, 7) is 3.34. The Morgan fingerprint density at radius 2 is 2.04 bits per heavy atom. The molecule has 0 aromatic heterocycles. The number of carbonyl (C=O) groups excluding carboxylic acids is 2. The number of hydrogen-bond acceptors (Lipinski definition) is 4. The molecule has 3 rings (SSSR count). The maximum Gasteiger partial charge on any atom is 0.262 e. The summed E-state index contributed by atoms with van der Waals surface area (Å²) in [5.41, 5.74) is 1.10. The molecule has 2 amide bonds. The van der Waals surface area contributed by atoms with E-state index in [-0.39, 0.29) is 30.2 Å². The second-order valence-electron chi connectivity index (χ2n) is 6.29. The summed E-state index contributed by atoms with van der Waals surface area (Å²) in [7, 11) is 0. The highest BCUT2D eigenvalue weighted by atomic mass is 19.1. The predicted molar refractivity (Wildman–Crippen MR) is 98.3 cm³/mol. The third-order valence-electron chi connectivity index (χ3n) is 4.21. The van der Waals surface area contributed by atoms with Crippen molar-refractivity contribution in [2.24, 2.45) is 0 Å². The molecular formula is C20H21FN2O4. The number of morpholine rings is 1. The Morgan fingerprint density at radius 3 is 2.74 bits per heavy atom. The van der Waals surface area contributed by atoms with Crippen LogP contribution in [0, 0.1) is 5.82 Å². The van der Waals surface area contributed by atoms with Crippen molar-refractivity contribution in [3.8, 4) is 5.75 Å². The largest absolute Gasteiger partial charge is 0.484 e. The van der Waals surface area contributed by atoms with Crippen molar-refractivity contribution >= 4 is 17.5 Å². The van der Waals surface area contributed by atoms with Gasteiger partial charge in [0.05, 0.1) is 19.3 Å². The van der Waals surface area contributed by atoms with Gasteiger partial charge in [-0.15, -0.1) is 0 Å². The Bertz CT molecular complexity index is 810. The highest BCUT2D eigenvalue weighted by Gasteiger charge is 2.24. The number of carbonyl (C=O) groups is 2. The first-order valence-corrected chi connectivity index (χ1v) is 8.70. The van der Waals surface area contributed by atoms with E-state index in [2.05, 4.69) is 5.32 Å². The van der Waals surface area contributed by atoms with Crippen LogP contribution in [0.5, 0.6) is 5.75 Å². The van der Waals surface area contributed by atoms with E-state index in [4.69, 9.17) is 9.47 Å². The van der Waals surface area contributed by atoms with Crippen LogP contribution in [0.1, 0.15) is 17.3 Å². The van der Waals surface area contributed by atoms with E-state index in [1.165, 1.54) is 18.2 Å². The van der Waals surface area contributed by atoms with Crippen molar-refractivity contribution in [2.75, 3.05) is 31.7 Å². The highest BCUT2D eigenvalue weighted by molar-refractivity contribution is 5.96. The van der Waals surface area contributed by atoms with Crippen molar-refractivity contribution in [2.45, 2.75) is 13.0 Å². The molecule has 1 N–H and O–H groups in total. The first kappa shape index (κ1) is 18.8. The molecule has 2 aromatic carbocycles. The molecule has 1 heterocycles. The van der Waals surface area contributed by atoms with Crippen LogP contribution in [0.4, 0.5) is 10.1 Å². The van der Waals surface area contributed by atoms with Crippen LogP contribution >= 0.6 is 0 Å². The predicted octanol–water partition coefficient (Wildman–Crippen LogP) is 2.70. The van der Waals surface area contributed by atoms with E-state index in [9.17, 15) is 14.0 Å². The number of amides is 2. The zero-order valence-electron chi connectivity index (χ0n) is 15.0. The molecule has 142 valence electrons. The molecule has 7 heteroatoms. The van der Waals surface area contributed by atoms with Crippen molar-refractivity contribution < 1.29 is 23.5 Å². The number of nitrogens with one attached hydrogen (secondary N) is 1. The maximum absolute atomic E-state index is 13.1. The Kier molecular flexibility index (Phi) is 6.03. The smallest absolute Gasteiger partial charge is 0.262 e. The summed E-state index contributed by atoms with van der Waals surface area (Å²) in [6.07, 6.45) is 0. The van der Waals surface area contributed by atoms with Gasteiger partial charge in [0.25, 0.3) is 11.8 Å². The Labute approximate surface area is 156 Å². The lowest BCUT2D eigenvalue weighted by atomic mass is 10.1. The van der Waals surface area contributed by atoms with Crippen molar-refractivity contribution in [3.63, 3.8) is 0 Å². The van der Waals surface area contributed by atoms with Crippen molar-refractivity contribution in [1.29, 1.82) is 0 Å². The number of hydrogen-bond donors (Lipinski definition) is 1. The second-order valence-corrected chi connectivity index (χ2v) is 6.29. The van der Waals surface area contributed by atoms with Crippen LogP contribution in [0.2, 0.25) is 0 Å². The van der Waals surface area contributed by atoms with Gasteiger partial charge in [-0.2, -0.15) is 0 Å². The summed E-state index contributed by atoms with van der Waals surface area (Å²) >= 11 is 0. The van der Waals surface area contributed by atoms with Crippen LogP contribution in [0.3, 0.4) is 0 Å². The van der Waals surface area contributed by atoms with Gasteiger partial charge < -0.3 is 19.7 Å². The number of benzene rings is 2. The molecule has 0 aliphatic carbocycles. The fraction of sp³-hybridized carbons (Fsp3) is 0.300. The lowest BCUT2D eigenvalue weighted by Gasteiger charge is -2.33. The molecule has 1 atom stereocenters. The quantitative estimate of drug-likeness (QED) is 0.876. The minimum absolute atomic E-state index is 0.0330. The third-order valence-corrected chi connectivity index (χ3v) is 4.21. The molecule has 6 nitrogen and oxygen atoms in total. The van der Waals surface area contributed by atoms with Crippen molar-refractivity contribution in [3.05, 3.63) is 59.9 Å². The Hall–Kier alpha value is -2.93. The van der Waals surface area contributed by atoms with Crippen LogP contribution in [0.15, 0.2) is 48.5 Å². The molecule has 1 aliphatic heterocycles. The molecular weight excluding hydrogens is 351 g/mol. The summed E-state index contributed by atoms with van der Waals surface area (Å²) < 4.78 is 23.7. The van der Waals surface area contributed by atoms with Gasteiger partial charge in [-0.05, 0) is 43.3 Å². The number of anilines is 1. The van der Waals surface area contributed by atoms with E-state index < -0.39 is 5.82 Å². The molecule has 1 fully saturated rings. The summed E-state index contributed by atoms with van der Waals surface area (Å²) in [6, 6.07) is 12.3. The van der Waals surface area contributed by atoms with Gasteiger partial charge >= 0.3 is 0 Å². The van der Waals surface area contributed by atoms with Gasteiger partial charge in [0.15, 0.2) is 6.61 Å². The first-order chi connectivity index (χ1) is 13.0. The number of ether oxygens (including phenoxy) is 2. The molecule has 0 saturated carbocycles. The monoisotopic (exact) mass is 372 g/mol. The SMILES string of the molecule is CC1COCCN1C(=O)c1ccc(NC(=O)COc2cccc(F)c2)cc1. The standard InChI is InChI=1S/C20H21FN2O4/c1-14-12-26-10-9-23(14)20(25)15-5-7-17(8-6-15)22-19(24)13-27-18-4-2-3-16(21)11-18/h2-8,11,14H,9-10,12-13H2,1H3,(H,22,24). The molecule has 0 spiro atoms. The lowest BCUT2D eigenvalue weighted by Crippen LogP contribution is -2.47. The number of nitrogens with zero attached hydrogens (tertiary/aromatic N) is 1. The summed E-state index contributed by atoms with van der Waals surface area (Å²) in [5.74, 6) is -0.577. The fourth-order valence-corrected chi connectivity index (χ4v) is 2.79. The van der Waals surface area contributed by atoms with Gasteiger partial charge in [-0.25, -0.2) is 4.39 Å². The zero-order chi connectivity index (χ0) is 19.2. The van der Waals surface area contributed by atoms with Gasteiger partial charge in [0.2, 0.25) is 0 Å². The van der Waals surface area contributed by atoms with Crippen molar-refractivity contribution in [1.82, 2.24) is 4.90 Å². The fourth-order valence-electron chi connectivity index (χ4n) is 2.79. The highest BCUT2D eigenvalue weighted by Crippen LogP contribution is 2.16. The van der Waals surface area contributed by atoms with E-state index in [0.717, 1.165) is 0 Å². The average molecular weight is 372 g/mol. The second kappa shape index (κ2) is 8.64. The van der Waals surface area contributed by atoms with Crippen LogP contribution < -0.4 is 10.1 Å². The van der Waals surface area contributed by atoms with Crippen LogP contribution in [-0.4, -0.2) is 49.1 Å². The minimum atomic E-state index is -0.428. The summed E-state index contributed by atoms with van der Waals surface area (Å²) in [4.78, 5) is 26.3. The average Bonchev–Trinajstić information content (AvgIpc) is 2.67. The zero-order valence-corrected chi connectivity index (χ0v) is 15.0. The topological polar surface area (TPSA) is 67.9 Å². The molecule has 27 heavy (non-hydrogen) atoms. The summed E-state index contributed by atoms with van der Waals surface area (Å²) in [5, 5.41) is 2.68. The lowest BCUT2D eigenvalue weighted by molar-refractivity contribution is -0.118.